The Morgan fingerprint density at radius 2 is 2.21 bits per heavy atom. The maximum Gasteiger partial charge on any atom is 0.269 e. The molecule has 1 aliphatic rings. The van der Waals surface area contributed by atoms with Gasteiger partial charge < -0.3 is 19.0 Å². The number of fused-ring (bicyclic) bond motifs is 1. The van der Waals surface area contributed by atoms with Crippen LogP contribution < -0.4 is 14.2 Å². The van der Waals surface area contributed by atoms with E-state index in [1.54, 1.807) is 24.3 Å². The Labute approximate surface area is 137 Å². The number of benzene rings is 2. The average molecular weight is 330 g/mol. The van der Waals surface area contributed by atoms with Crippen molar-refractivity contribution < 1.29 is 24.0 Å². The third-order valence-corrected chi connectivity index (χ3v) is 3.31. The number of hydrogen-bond donors (Lipinski definition) is 0. The van der Waals surface area contributed by atoms with E-state index in [-0.39, 0.29) is 19.1 Å². The minimum absolute atomic E-state index is 0.0144. The maximum absolute atomic E-state index is 10.7. The van der Waals surface area contributed by atoms with E-state index in [0.717, 1.165) is 5.56 Å². The fourth-order valence-electron chi connectivity index (χ4n) is 2.19. The third-order valence-electron chi connectivity index (χ3n) is 3.31. The van der Waals surface area contributed by atoms with Crippen LogP contribution in [0.5, 0.6) is 17.2 Å². The molecule has 0 radical (unpaired) electrons. The van der Waals surface area contributed by atoms with Crippen LogP contribution in [0.25, 0.3) is 0 Å². The monoisotopic (exact) mass is 330 g/mol. The van der Waals surface area contributed by atoms with Crippen molar-refractivity contribution in [1.82, 2.24) is 0 Å². The van der Waals surface area contributed by atoms with Crippen molar-refractivity contribution in [2.75, 3.05) is 13.9 Å². The molecule has 0 amide bonds. The molecule has 0 aromatic heterocycles. The summed E-state index contributed by atoms with van der Waals surface area (Å²) < 4.78 is 15.9. The summed E-state index contributed by atoms with van der Waals surface area (Å²) in [6.45, 7) is 0.273. The second kappa shape index (κ2) is 6.86. The molecule has 2 aromatic rings. The molecule has 24 heavy (non-hydrogen) atoms. The van der Waals surface area contributed by atoms with Gasteiger partial charge in [0.25, 0.3) is 5.69 Å². The lowest BCUT2D eigenvalue weighted by molar-refractivity contribution is -0.384. The molecule has 3 rings (SSSR count). The molecule has 0 bridgehead atoms. The van der Waals surface area contributed by atoms with Gasteiger partial charge in [-0.2, -0.15) is 0 Å². The summed E-state index contributed by atoms with van der Waals surface area (Å²) in [4.78, 5) is 15.5. The molecule has 0 saturated heterocycles. The van der Waals surface area contributed by atoms with Crippen LogP contribution >= 0.6 is 0 Å². The molecule has 1 aliphatic heterocycles. The second-order valence-electron chi connectivity index (χ2n) is 4.89. The van der Waals surface area contributed by atoms with Crippen molar-refractivity contribution in [2.24, 2.45) is 5.16 Å². The summed E-state index contributed by atoms with van der Waals surface area (Å²) >= 11 is 0. The van der Waals surface area contributed by atoms with Gasteiger partial charge in [-0.05, 0) is 17.7 Å². The molecule has 1 heterocycles. The predicted octanol–water partition coefficient (Wildman–Crippen LogP) is 2.88. The van der Waals surface area contributed by atoms with Crippen molar-refractivity contribution in [2.45, 2.75) is 6.61 Å². The summed E-state index contributed by atoms with van der Waals surface area (Å²) in [5, 5.41) is 14.6. The number of hydrogen-bond acceptors (Lipinski definition) is 7. The Hall–Kier alpha value is -3.29. The predicted molar refractivity (Wildman–Crippen MR) is 84.6 cm³/mol. The van der Waals surface area contributed by atoms with E-state index in [9.17, 15) is 10.1 Å². The molecular weight excluding hydrogens is 316 g/mol. The van der Waals surface area contributed by atoms with Crippen LogP contribution in [0.1, 0.15) is 11.1 Å². The highest BCUT2D eigenvalue weighted by Crippen LogP contribution is 2.41. The second-order valence-corrected chi connectivity index (χ2v) is 4.89. The minimum Gasteiger partial charge on any atom is -0.493 e. The van der Waals surface area contributed by atoms with Gasteiger partial charge in [0.1, 0.15) is 6.61 Å². The number of nitro benzene ring substituents is 1. The first kappa shape index (κ1) is 15.6. The third kappa shape index (κ3) is 3.37. The number of oxime groups is 1. The first-order valence-electron chi connectivity index (χ1n) is 7.03. The normalized spacial score (nSPS) is 12.4. The first-order valence-corrected chi connectivity index (χ1v) is 7.03. The Balaban J connectivity index is 1.65. The lowest BCUT2D eigenvalue weighted by atomic mass is 10.2. The molecule has 0 fully saturated rings. The first-order chi connectivity index (χ1) is 11.7. The van der Waals surface area contributed by atoms with Crippen LogP contribution in [0, 0.1) is 10.1 Å². The zero-order valence-corrected chi connectivity index (χ0v) is 12.8. The van der Waals surface area contributed by atoms with Gasteiger partial charge in [0.15, 0.2) is 11.5 Å². The van der Waals surface area contributed by atoms with Crippen molar-refractivity contribution >= 4 is 11.9 Å². The topological polar surface area (TPSA) is 92.4 Å². The average Bonchev–Trinajstić information content (AvgIpc) is 3.06. The van der Waals surface area contributed by atoms with Gasteiger partial charge in [-0.25, -0.2) is 0 Å². The smallest absolute Gasteiger partial charge is 0.269 e. The zero-order chi connectivity index (χ0) is 16.9. The highest BCUT2D eigenvalue weighted by molar-refractivity contribution is 5.82. The highest BCUT2D eigenvalue weighted by atomic mass is 16.7. The number of ether oxygens (including phenoxy) is 3. The molecule has 0 aliphatic carbocycles. The lowest BCUT2D eigenvalue weighted by Gasteiger charge is -2.05. The van der Waals surface area contributed by atoms with E-state index in [1.807, 2.05) is 0 Å². The molecule has 8 nitrogen and oxygen atoms in total. The van der Waals surface area contributed by atoms with Crippen LogP contribution in [0.4, 0.5) is 5.69 Å². The van der Waals surface area contributed by atoms with Crippen LogP contribution in [-0.2, 0) is 11.4 Å². The summed E-state index contributed by atoms with van der Waals surface area (Å²) in [7, 11) is 1.54. The molecule has 0 unspecified atom stereocenters. The number of methoxy groups -OCH3 is 1. The van der Waals surface area contributed by atoms with E-state index >= 15 is 0 Å². The zero-order valence-electron chi connectivity index (χ0n) is 12.8. The van der Waals surface area contributed by atoms with Gasteiger partial charge >= 0.3 is 0 Å². The molecule has 0 saturated carbocycles. The molecule has 0 spiro atoms. The number of nitro groups is 1. The van der Waals surface area contributed by atoms with Gasteiger partial charge in [-0.3, -0.25) is 10.1 Å². The fraction of sp³-hybridized carbons (Fsp3) is 0.188. The lowest BCUT2D eigenvalue weighted by Crippen LogP contribution is -1.93. The summed E-state index contributed by atoms with van der Waals surface area (Å²) in [5.41, 5.74) is 1.39. The number of nitrogens with zero attached hydrogens (tertiary/aromatic N) is 2. The molecule has 0 N–H and O–H groups in total. The summed E-state index contributed by atoms with van der Waals surface area (Å²) in [6, 6.07) is 9.69. The van der Waals surface area contributed by atoms with Crippen LogP contribution in [0.3, 0.4) is 0 Å². The fourth-order valence-corrected chi connectivity index (χ4v) is 2.19. The number of rotatable bonds is 6. The minimum atomic E-state index is -0.453. The van der Waals surface area contributed by atoms with Gasteiger partial charge in [-0.1, -0.05) is 17.3 Å². The van der Waals surface area contributed by atoms with Crippen molar-refractivity contribution in [3.8, 4) is 17.2 Å². The van der Waals surface area contributed by atoms with Crippen LogP contribution in [-0.4, -0.2) is 25.0 Å². The molecular formula is C16H14N2O6. The van der Waals surface area contributed by atoms with Crippen LogP contribution in [0.15, 0.2) is 41.6 Å². The number of non-ortho nitro benzene ring substituents is 1. The van der Waals surface area contributed by atoms with E-state index in [4.69, 9.17) is 19.0 Å². The van der Waals surface area contributed by atoms with Crippen molar-refractivity contribution in [1.29, 1.82) is 0 Å². The highest BCUT2D eigenvalue weighted by Gasteiger charge is 2.19. The van der Waals surface area contributed by atoms with Gasteiger partial charge in [-0.15, -0.1) is 0 Å². The van der Waals surface area contributed by atoms with Crippen molar-refractivity contribution in [3.05, 3.63) is 57.6 Å². The Morgan fingerprint density at radius 3 is 3.00 bits per heavy atom. The molecule has 2 aromatic carbocycles. The van der Waals surface area contributed by atoms with Crippen LogP contribution in [0.2, 0.25) is 0 Å². The van der Waals surface area contributed by atoms with Gasteiger partial charge in [0.05, 0.1) is 18.2 Å². The molecule has 0 atom stereocenters. The van der Waals surface area contributed by atoms with Gasteiger partial charge in [0.2, 0.25) is 12.5 Å². The van der Waals surface area contributed by atoms with E-state index in [1.165, 1.54) is 25.5 Å². The Kier molecular flexibility index (Phi) is 4.46. The molecule has 8 heteroatoms. The standard InChI is InChI=1S/C16H14N2O6/c1-21-14-6-12(7-15-16(14)23-10-22-15)8-17-24-9-11-3-2-4-13(5-11)18(19)20/h2-8H,9-10H2,1H3/b17-8-. The maximum atomic E-state index is 10.7. The Bertz CT molecular complexity index is 790. The van der Waals surface area contributed by atoms with E-state index < -0.39 is 4.92 Å². The SMILES string of the molecule is COc1cc(/C=N\OCc2cccc([N+](=O)[O-])c2)cc2c1OCO2. The Morgan fingerprint density at radius 1 is 1.33 bits per heavy atom. The van der Waals surface area contributed by atoms with E-state index in [2.05, 4.69) is 5.16 Å². The van der Waals surface area contributed by atoms with Gasteiger partial charge in [0, 0.05) is 17.7 Å². The largest absolute Gasteiger partial charge is 0.493 e. The van der Waals surface area contributed by atoms with Crippen molar-refractivity contribution in [3.63, 3.8) is 0 Å². The summed E-state index contributed by atoms with van der Waals surface area (Å²) in [6.07, 6.45) is 1.50. The van der Waals surface area contributed by atoms with E-state index in [0.29, 0.717) is 22.8 Å². The molecule has 124 valence electrons. The summed E-state index contributed by atoms with van der Waals surface area (Å²) in [5.74, 6) is 1.69. The quantitative estimate of drug-likeness (QED) is 0.459.